The van der Waals surface area contributed by atoms with Crippen molar-refractivity contribution >= 4 is 29.2 Å². The number of non-ortho nitro benzene ring substituents is 1. The molecule has 1 spiro atoms. The van der Waals surface area contributed by atoms with Crippen LogP contribution in [0.25, 0.3) is 0 Å². The average molecular weight is 428 g/mol. The van der Waals surface area contributed by atoms with Crippen LogP contribution in [0, 0.1) is 15.5 Å². The maximum Gasteiger partial charge on any atom is 0.331 e. The SMILES string of the molecule is C=CCN1C(=O)NC(=O)[C@@]2(Cc3cc([N+](=O)[O-])ccc3N(CCCC)[C@@H]2CCC)C1=O. The number of unbranched alkanes of at least 4 members (excludes halogenated alkanes) is 1. The van der Waals surface area contributed by atoms with Crippen molar-refractivity contribution in [2.24, 2.45) is 5.41 Å². The summed E-state index contributed by atoms with van der Waals surface area (Å²) in [6.45, 7) is 8.22. The molecule has 31 heavy (non-hydrogen) atoms. The van der Waals surface area contributed by atoms with E-state index in [1.807, 2.05) is 18.7 Å². The summed E-state index contributed by atoms with van der Waals surface area (Å²) in [5.74, 6) is -1.21. The van der Waals surface area contributed by atoms with Crippen LogP contribution in [-0.2, 0) is 16.0 Å². The quantitative estimate of drug-likeness (QED) is 0.294. The second-order valence-corrected chi connectivity index (χ2v) is 8.03. The Labute approximate surface area is 181 Å². The molecule has 9 heteroatoms. The molecular formula is C22H28N4O5. The van der Waals surface area contributed by atoms with Gasteiger partial charge in [-0.25, -0.2) is 4.79 Å². The minimum Gasteiger partial charge on any atom is -0.367 e. The molecule has 9 nitrogen and oxygen atoms in total. The van der Waals surface area contributed by atoms with Crippen LogP contribution in [0.1, 0.15) is 45.1 Å². The minimum absolute atomic E-state index is 0.00287. The molecule has 4 amide bonds. The lowest BCUT2D eigenvalue weighted by atomic mass is 9.67. The molecule has 0 radical (unpaired) electrons. The van der Waals surface area contributed by atoms with Crippen LogP contribution in [-0.4, -0.2) is 46.8 Å². The van der Waals surface area contributed by atoms with E-state index in [-0.39, 0.29) is 18.7 Å². The Bertz CT molecular complexity index is 930. The van der Waals surface area contributed by atoms with Gasteiger partial charge in [-0.2, -0.15) is 0 Å². The van der Waals surface area contributed by atoms with Crippen molar-refractivity contribution in [1.82, 2.24) is 10.2 Å². The van der Waals surface area contributed by atoms with Gasteiger partial charge in [0.2, 0.25) is 11.8 Å². The number of fused-ring (bicyclic) bond motifs is 1. The molecule has 2 atom stereocenters. The van der Waals surface area contributed by atoms with Gasteiger partial charge in [0.05, 0.1) is 11.0 Å². The molecule has 1 N–H and O–H groups in total. The third-order valence-corrected chi connectivity index (χ3v) is 6.12. The topological polar surface area (TPSA) is 113 Å². The van der Waals surface area contributed by atoms with Gasteiger partial charge in [0.15, 0.2) is 5.41 Å². The molecule has 0 bridgehead atoms. The van der Waals surface area contributed by atoms with Crippen LogP contribution < -0.4 is 10.2 Å². The molecule has 1 aromatic carbocycles. The molecule has 0 aliphatic carbocycles. The summed E-state index contributed by atoms with van der Waals surface area (Å²) in [5.41, 5.74) is -0.269. The predicted molar refractivity (Wildman–Crippen MR) is 116 cm³/mol. The zero-order valence-electron chi connectivity index (χ0n) is 17.9. The highest BCUT2D eigenvalue weighted by molar-refractivity contribution is 6.20. The van der Waals surface area contributed by atoms with Crippen molar-refractivity contribution in [1.29, 1.82) is 0 Å². The molecule has 1 saturated heterocycles. The minimum atomic E-state index is -1.54. The summed E-state index contributed by atoms with van der Waals surface area (Å²) < 4.78 is 0. The number of imide groups is 2. The number of urea groups is 1. The average Bonchev–Trinajstić information content (AvgIpc) is 2.74. The summed E-state index contributed by atoms with van der Waals surface area (Å²) >= 11 is 0. The smallest absolute Gasteiger partial charge is 0.331 e. The van der Waals surface area contributed by atoms with Gasteiger partial charge in [-0.15, -0.1) is 6.58 Å². The van der Waals surface area contributed by atoms with Crippen LogP contribution >= 0.6 is 0 Å². The fourth-order valence-electron chi connectivity index (χ4n) is 4.69. The Morgan fingerprint density at radius 3 is 2.65 bits per heavy atom. The van der Waals surface area contributed by atoms with E-state index in [1.165, 1.54) is 18.2 Å². The fourth-order valence-corrected chi connectivity index (χ4v) is 4.69. The number of rotatable bonds is 8. The van der Waals surface area contributed by atoms with E-state index >= 15 is 0 Å². The Kier molecular flexibility index (Phi) is 6.42. The number of nitrogens with one attached hydrogen (secondary N) is 1. The highest BCUT2D eigenvalue weighted by Gasteiger charge is 2.61. The van der Waals surface area contributed by atoms with Gasteiger partial charge in [0.1, 0.15) is 0 Å². The molecule has 3 rings (SSSR count). The summed E-state index contributed by atoms with van der Waals surface area (Å²) in [6, 6.07) is 3.37. The van der Waals surface area contributed by atoms with Gasteiger partial charge < -0.3 is 4.90 Å². The lowest BCUT2D eigenvalue weighted by Gasteiger charge is -2.52. The molecule has 1 fully saturated rings. The maximum atomic E-state index is 13.7. The van der Waals surface area contributed by atoms with Crippen molar-refractivity contribution in [2.75, 3.05) is 18.0 Å². The van der Waals surface area contributed by atoms with E-state index in [0.717, 1.165) is 29.8 Å². The number of nitro groups is 1. The molecular weight excluding hydrogens is 400 g/mol. The predicted octanol–water partition coefficient (Wildman–Crippen LogP) is 3.18. The fraction of sp³-hybridized carbons (Fsp3) is 0.500. The monoisotopic (exact) mass is 428 g/mol. The van der Waals surface area contributed by atoms with Gasteiger partial charge in [0, 0.05) is 37.3 Å². The first-order chi connectivity index (χ1) is 14.8. The Morgan fingerprint density at radius 1 is 1.29 bits per heavy atom. The van der Waals surface area contributed by atoms with Crippen molar-refractivity contribution in [2.45, 2.75) is 52.0 Å². The number of amides is 4. The van der Waals surface area contributed by atoms with E-state index < -0.39 is 34.2 Å². The van der Waals surface area contributed by atoms with E-state index in [4.69, 9.17) is 0 Å². The second-order valence-electron chi connectivity index (χ2n) is 8.03. The van der Waals surface area contributed by atoms with Gasteiger partial charge in [-0.1, -0.05) is 32.8 Å². The van der Waals surface area contributed by atoms with Crippen LogP contribution in [0.3, 0.4) is 0 Å². The van der Waals surface area contributed by atoms with Gasteiger partial charge in [-0.05, 0) is 24.5 Å². The number of hydrogen-bond donors (Lipinski definition) is 1. The molecule has 0 aromatic heterocycles. The van der Waals surface area contributed by atoms with Crippen molar-refractivity contribution in [3.05, 3.63) is 46.5 Å². The molecule has 1 aromatic rings. The third-order valence-electron chi connectivity index (χ3n) is 6.12. The first-order valence-corrected chi connectivity index (χ1v) is 10.6. The molecule has 0 unspecified atom stereocenters. The van der Waals surface area contributed by atoms with E-state index in [2.05, 4.69) is 11.9 Å². The maximum absolute atomic E-state index is 13.7. The van der Waals surface area contributed by atoms with E-state index in [1.54, 1.807) is 6.07 Å². The van der Waals surface area contributed by atoms with Gasteiger partial charge >= 0.3 is 6.03 Å². The molecule has 0 saturated carbocycles. The van der Waals surface area contributed by atoms with E-state index in [9.17, 15) is 24.5 Å². The van der Waals surface area contributed by atoms with Crippen molar-refractivity contribution in [3.63, 3.8) is 0 Å². The second kappa shape index (κ2) is 8.87. The standard InChI is InChI=1S/C22H28N4O5/c1-4-7-12-24-17-10-9-16(26(30)31)13-15(17)14-22(18(24)8-5-2)19(27)23-21(29)25(11-6-3)20(22)28/h6,9-10,13,18H,3-5,7-8,11-12,14H2,1-2H3,(H,23,27,29)/t18-,22+/m1/s1. The summed E-state index contributed by atoms with van der Waals surface area (Å²) in [7, 11) is 0. The first kappa shape index (κ1) is 22.5. The largest absolute Gasteiger partial charge is 0.367 e. The number of benzene rings is 1. The van der Waals surface area contributed by atoms with Gasteiger partial charge in [-0.3, -0.25) is 29.9 Å². The van der Waals surface area contributed by atoms with Crippen molar-refractivity contribution in [3.8, 4) is 0 Å². The number of carbonyl (C=O) groups excluding carboxylic acids is 3. The number of barbiturate groups is 1. The van der Waals surface area contributed by atoms with E-state index in [0.29, 0.717) is 18.5 Å². The lowest BCUT2D eigenvalue weighted by Crippen LogP contribution is -2.72. The number of anilines is 1. The van der Waals surface area contributed by atoms with Crippen LogP contribution in [0.2, 0.25) is 0 Å². The summed E-state index contributed by atoms with van der Waals surface area (Å²) in [5, 5.41) is 13.7. The van der Waals surface area contributed by atoms with Crippen LogP contribution in [0.4, 0.5) is 16.2 Å². The zero-order valence-corrected chi connectivity index (χ0v) is 17.9. The summed E-state index contributed by atoms with van der Waals surface area (Å²) in [4.78, 5) is 53.3. The third kappa shape index (κ3) is 3.68. The summed E-state index contributed by atoms with van der Waals surface area (Å²) in [6.07, 6.45) is 4.47. The highest BCUT2D eigenvalue weighted by atomic mass is 16.6. The number of nitrogens with zero attached hydrogens (tertiary/aromatic N) is 3. The molecule has 166 valence electrons. The molecule has 2 aliphatic rings. The first-order valence-electron chi connectivity index (χ1n) is 10.6. The number of nitro benzene ring substituents is 1. The van der Waals surface area contributed by atoms with Crippen LogP contribution in [0.5, 0.6) is 0 Å². The Balaban J connectivity index is 2.22. The number of carbonyl (C=O) groups is 3. The Morgan fingerprint density at radius 2 is 2.03 bits per heavy atom. The zero-order chi connectivity index (χ0) is 22.8. The normalized spacial score (nSPS) is 23.0. The van der Waals surface area contributed by atoms with Gasteiger partial charge in [0.25, 0.3) is 5.69 Å². The van der Waals surface area contributed by atoms with Crippen molar-refractivity contribution < 1.29 is 19.3 Å². The van der Waals surface area contributed by atoms with Crippen LogP contribution in [0.15, 0.2) is 30.9 Å². The molecule has 2 heterocycles. The number of hydrogen-bond acceptors (Lipinski definition) is 6. The molecule has 2 aliphatic heterocycles. The Hall–Kier alpha value is -3.23. The lowest BCUT2D eigenvalue weighted by molar-refractivity contribution is -0.384. The highest BCUT2D eigenvalue weighted by Crippen LogP contribution is 2.46.